The minimum atomic E-state index is 0.100. The number of nitrogens with two attached hydrogens (primary N) is 1. The molecule has 3 N–H and O–H groups in total. The first kappa shape index (κ1) is 11.5. The SMILES string of the molecule is CNC(=O)CCN(C)C(CN)C1CC1. The lowest BCUT2D eigenvalue weighted by Crippen LogP contribution is -2.41. The Labute approximate surface area is 85.8 Å². The lowest BCUT2D eigenvalue weighted by Gasteiger charge is -2.26. The average Bonchev–Trinajstić information content (AvgIpc) is 2.99. The van der Waals surface area contributed by atoms with Gasteiger partial charge in [0.15, 0.2) is 0 Å². The van der Waals surface area contributed by atoms with Crippen LogP contribution < -0.4 is 11.1 Å². The number of likely N-dealkylation sites (N-methyl/N-ethyl adjacent to an activating group) is 1. The average molecular weight is 199 g/mol. The molecule has 14 heavy (non-hydrogen) atoms. The molecule has 0 aromatic heterocycles. The molecule has 0 aliphatic heterocycles. The summed E-state index contributed by atoms with van der Waals surface area (Å²) in [5.74, 6) is 0.873. The van der Waals surface area contributed by atoms with Crippen molar-refractivity contribution in [2.45, 2.75) is 25.3 Å². The van der Waals surface area contributed by atoms with Crippen molar-refractivity contribution in [3.63, 3.8) is 0 Å². The van der Waals surface area contributed by atoms with Gasteiger partial charge in [-0.15, -0.1) is 0 Å². The maximum atomic E-state index is 11.0. The van der Waals surface area contributed by atoms with Crippen LogP contribution in [-0.2, 0) is 4.79 Å². The molecule has 0 heterocycles. The summed E-state index contributed by atoms with van der Waals surface area (Å²) in [6.45, 7) is 1.51. The highest BCUT2D eigenvalue weighted by Crippen LogP contribution is 2.34. The third kappa shape index (κ3) is 3.27. The fraction of sp³-hybridized carbons (Fsp3) is 0.900. The number of nitrogens with zero attached hydrogens (tertiary/aromatic N) is 1. The van der Waals surface area contributed by atoms with Crippen molar-refractivity contribution in [1.82, 2.24) is 10.2 Å². The third-order valence-corrected chi connectivity index (χ3v) is 2.94. The van der Waals surface area contributed by atoms with Crippen molar-refractivity contribution in [3.05, 3.63) is 0 Å². The Morgan fingerprint density at radius 1 is 1.64 bits per heavy atom. The maximum absolute atomic E-state index is 11.0. The van der Waals surface area contributed by atoms with Gasteiger partial charge in [-0.3, -0.25) is 4.79 Å². The van der Waals surface area contributed by atoms with Crippen LogP contribution in [0.5, 0.6) is 0 Å². The molecule has 0 spiro atoms. The summed E-state index contributed by atoms with van der Waals surface area (Å²) in [7, 11) is 3.72. The Morgan fingerprint density at radius 2 is 2.29 bits per heavy atom. The van der Waals surface area contributed by atoms with Crippen LogP contribution in [0.1, 0.15) is 19.3 Å². The van der Waals surface area contributed by atoms with E-state index in [9.17, 15) is 4.79 Å². The van der Waals surface area contributed by atoms with E-state index < -0.39 is 0 Å². The van der Waals surface area contributed by atoms with Crippen LogP contribution in [0, 0.1) is 5.92 Å². The summed E-state index contributed by atoms with van der Waals surface area (Å²) < 4.78 is 0. The van der Waals surface area contributed by atoms with Crippen molar-refractivity contribution in [3.8, 4) is 0 Å². The molecule has 1 fully saturated rings. The molecule has 1 saturated carbocycles. The van der Waals surface area contributed by atoms with E-state index in [1.54, 1.807) is 7.05 Å². The molecule has 0 saturated heterocycles. The normalized spacial score (nSPS) is 18.3. The number of hydrogen-bond donors (Lipinski definition) is 2. The molecule has 0 bridgehead atoms. The highest BCUT2D eigenvalue weighted by atomic mass is 16.1. The maximum Gasteiger partial charge on any atom is 0.221 e. The highest BCUT2D eigenvalue weighted by molar-refractivity contribution is 5.75. The van der Waals surface area contributed by atoms with Gasteiger partial charge in [-0.1, -0.05) is 0 Å². The monoisotopic (exact) mass is 199 g/mol. The lowest BCUT2D eigenvalue weighted by atomic mass is 10.1. The Morgan fingerprint density at radius 3 is 2.71 bits per heavy atom. The van der Waals surface area contributed by atoms with Crippen LogP contribution in [0.3, 0.4) is 0 Å². The van der Waals surface area contributed by atoms with E-state index in [-0.39, 0.29) is 5.91 Å². The smallest absolute Gasteiger partial charge is 0.221 e. The predicted octanol–water partition coefficient (Wildman–Crippen LogP) is -0.208. The summed E-state index contributed by atoms with van der Waals surface area (Å²) in [6.07, 6.45) is 3.16. The number of amides is 1. The van der Waals surface area contributed by atoms with Gasteiger partial charge in [0.25, 0.3) is 0 Å². The van der Waals surface area contributed by atoms with Crippen LogP contribution in [0.4, 0.5) is 0 Å². The number of nitrogens with one attached hydrogen (secondary N) is 1. The summed E-state index contributed by atoms with van der Waals surface area (Å²) in [4.78, 5) is 13.3. The van der Waals surface area contributed by atoms with Gasteiger partial charge in [-0.25, -0.2) is 0 Å². The van der Waals surface area contributed by atoms with E-state index in [4.69, 9.17) is 5.73 Å². The Bertz CT molecular complexity index is 192. The lowest BCUT2D eigenvalue weighted by molar-refractivity contribution is -0.121. The third-order valence-electron chi connectivity index (χ3n) is 2.94. The molecule has 1 aliphatic carbocycles. The van der Waals surface area contributed by atoms with Crippen molar-refractivity contribution in [2.24, 2.45) is 11.7 Å². The second kappa shape index (κ2) is 5.32. The molecule has 0 radical (unpaired) electrons. The van der Waals surface area contributed by atoms with Gasteiger partial charge >= 0.3 is 0 Å². The summed E-state index contributed by atoms with van der Waals surface area (Å²) in [5.41, 5.74) is 5.71. The van der Waals surface area contributed by atoms with Crippen LogP contribution >= 0.6 is 0 Å². The van der Waals surface area contributed by atoms with Crippen LogP contribution in [-0.4, -0.2) is 44.0 Å². The standard InChI is InChI=1S/C10H21N3O/c1-12-10(14)5-6-13(2)9(7-11)8-3-4-8/h8-9H,3-7,11H2,1-2H3,(H,12,14). The van der Waals surface area contributed by atoms with E-state index >= 15 is 0 Å². The van der Waals surface area contributed by atoms with E-state index in [2.05, 4.69) is 17.3 Å². The van der Waals surface area contributed by atoms with Gasteiger partial charge in [-0.05, 0) is 25.8 Å². The molecule has 0 aromatic rings. The van der Waals surface area contributed by atoms with Crippen LogP contribution in [0.25, 0.3) is 0 Å². The van der Waals surface area contributed by atoms with Crippen molar-refractivity contribution >= 4 is 5.91 Å². The van der Waals surface area contributed by atoms with Gasteiger partial charge in [-0.2, -0.15) is 0 Å². The van der Waals surface area contributed by atoms with Gasteiger partial charge in [0, 0.05) is 32.6 Å². The first-order valence-corrected chi connectivity index (χ1v) is 5.30. The van der Waals surface area contributed by atoms with E-state index in [1.807, 2.05) is 0 Å². The Kier molecular flexibility index (Phi) is 4.35. The quantitative estimate of drug-likeness (QED) is 0.622. The molecule has 1 unspecified atom stereocenters. The Hall–Kier alpha value is -0.610. The molecule has 4 heteroatoms. The number of hydrogen-bond acceptors (Lipinski definition) is 3. The number of carbonyl (C=O) groups is 1. The molecule has 4 nitrogen and oxygen atoms in total. The second-order valence-corrected chi connectivity index (χ2v) is 4.04. The molecule has 1 atom stereocenters. The van der Waals surface area contributed by atoms with Gasteiger partial charge in [0.1, 0.15) is 0 Å². The van der Waals surface area contributed by atoms with Crippen molar-refractivity contribution in [1.29, 1.82) is 0 Å². The molecule has 1 rings (SSSR count). The minimum absolute atomic E-state index is 0.100. The van der Waals surface area contributed by atoms with Gasteiger partial charge in [0.2, 0.25) is 5.91 Å². The Balaban J connectivity index is 2.24. The molecular weight excluding hydrogens is 178 g/mol. The zero-order valence-corrected chi connectivity index (χ0v) is 9.12. The predicted molar refractivity (Wildman–Crippen MR) is 56.9 cm³/mol. The topological polar surface area (TPSA) is 58.4 Å². The number of rotatable bonds is 6. The molecular formula is C10H21N3O. The zero-order valence-electron chi connectivity index (χ0n) is 9.12. The summed E-state index contributed by atoms with van der Waals surface area (Å²) in [5, 5.41) is 2.63. The van der Waals surface area contributed by atoms with Crippen molar-refractivity contribution < 1.29 is 4.79 Å². The highest BCUT2D eigenvalue weighted by Gasteiger charge is 2.32. The first-order chi connectivity index (χ1) is 6.69. The largest absolute Gasteiger partial charge is 0.359 e. The van der Waals surface area contributed by atoms with Crippen LogP contribution in [0.15, 0.2) is 0 Å². The zero-order chi connectivity index (χ0) is 10.6. The fourth-order valence-corrected chi connectivity index (χ4v) is 1.78. The fourth-order valence-electron chi connectivity index (χ4n) is 1.78. The summed E-state index contributed by atoms with van der Waals surface area (Å²) in [6, 6.07) is 0.472. The molecule has 82 valence electrons. The minimum Gasteiger partial charge on any atom is -0.359 e. The van der Waals surface area contributed by atoms with E-state index in [0.717, 1.165) is 12.5 Å². The van der Waals surface area contributed by atoms with Crippen molar-refractivity contribution in [2.75, 3.05) is 27.2 Å². The second-order valence-electron chi connectivity index (χ2n) is 4.04. The molecule has 1 amide bonds. The number of carbonyl (C=O) groups excluding carboxylic acids is 1. The van der Waals surface area contributed by atoms with E-state index in [1.165, 1.54) is 12.8 Å². The molecule has 1 aliphatic rings. The van der Waals surface area contributed by atoms with Crippen LogP contribution in [0.2, 0.25) is 0 Å². The molecule has 0 aromatic carbocycles. The first-order valence-electron chi connectivity index (χ1n) is 5.30. The van der Waals surface area contributed by atoms with Gasteiger partial charge < -0.3 is 16.0 Å². The summed E-state index contributed by atoms with van der Waals surface area (Å²) >= 11 is 0. The van der Waals surface area contributed by atoms with Gasteiger partial charge in [0.05, 0.1) is 0 Å². The van der Waals surface area contributed by atoms with E-state index in [0.29, 0.717) is 19.0 Å².